The molecule has 0 radical (unpaired) electrons. The van der Waals surface area contributed by atoms with Crippen LogP contribution in [0, 0.1) is 6.92 Å². The van der Waals surface area contributed by atoms with Crippen molar-refractivity contribution in [1.82, 2.24) is 9.80 Å². The number of ketones is 1. The molecule has 2 aromatic rings. The number of Topliss-reactive ketones (excluding diaryl/α,β-unsaturated/α-hetero) is 1. The zero-order valence-corrected chi connectivity index (χ0v) is 15.1. The van der Waals surface area contributed by atoms with Gasteiger partial charge in [0.2, 0.25) is 0 Å². The van der Waals surface area contributed by atoms with Gasteiger partial charge in [0.1, 0.15) is 17.6 Å². The highest BCUT2D eigenvalue weighted by Gasteiger charge is 2.47. The van der Waals surface area contributed by atoms with Crippen molar-refractivity contribution in [3.05, 3.63) is 65.1 Å². The molecule has 0 spiro atoms. The van der Waals surface area contributed by atoms with Crippen LogP contribution in [0.25, 0.3) is 5.76 Å². The van der Waals surface area contributed by atoms with Crippen LogP contribution in [-0.4, -0.2) is 53.8 Å². The monoisotopic (exact) mass is 354 g/mol. The van der Waals surface area contributed by atoms with Gasteiger partial charge in [-0.1, -0.05) is 29.8 Å². The fraction of sp³-hybridized carbons (Fsp3) is 0.300. The molecule has 3 rings (SSSR count). The number of nitrogens with zero attached hydrogens (tertiary/aromatic N) is 2. The van der Waals surface area contributed by atoms with Gasteiger partial charge in [0.25, 0.3) is 11.7 Å². The molecule has 26 heavy (non-hydrogen) atoms. The molecule has 6 nitrogen and oxygen atoms in total. The maximum atomic E-state index is 12.7. The van der Waals surface area contributed by atoms with Crippen LogP contribution >= 0.6 is 0 Å². The van der Waals surface area contributed by atoms with E-state index < -0.39 is 17.7 Å². The molecule has 1 fully saturated rings. The number of carbonyl (C=O) groups is 2. The molecule has 1 N–H and O–H groups in total. The van der Waals surface area contributed by atoms with Crippen molar-refractivity contribution in [3.8, 4) is 0 Å². The topological polar surface area (TPSA) is 74.0 Å². The Kier molecular flexibility index (Phi) is 4.95. The van der Waals surface area contributed by atoms with E-state index in [2.05, 4.69) is 0 Å². The second-order valence-electron chi connectivity index (χ2n) is 6.68. The number of amides is 1. The fourth-order valence-electron chi connectivity index (χ4n) is 3.03. The van der Waals surface area contributed by atoms with E-state index >= 15 is 0 Å². The quantitative estimate of drug-likeness (QED) is 0.507. The molecule has 1 aliphatic heterocycles. The largest absolute Gasteiger partial charge is 0.507 e. The Balaban J connectivity index is 2.09. The van der Waals surface area contributed by atoms with Gasteiger partial charge in [0.05, 0.1) is 11.8 Å². The highest BCUT2D eigenvalue weighted by atomic mass is 16.3. The van der Waals surface area contributed by atoms with E-state index in [-0.39, 0.29) is 11.3 Å². The van der Waals surface area contributed by atoms with Gasteiger partial charge in [0, 0.05) is 18.7 Å². The molecule has 0 saturated carbocycles. The van der Waals surface area contributed by atoms with Crippen LogP contribution < -0.4 is 0 Å². The Bertz CT molecular complexity index is 835. The lowest BCUT2D eigenvalue weighted by molar-refractivity contribution is -0.140. The molecule has 1 amide bonds. The fourth-order valence-corrected chi connectivity index (χ4v) is 3.03. The number of aliphatic hydroxyl groups excluding tert-OH is 1. The molecule has 0 unspecified atom stereocenters. The number of likely N-dealkylation sites (tertiary alicyclic amines) is 1. The summed E-state index contributed by atoms with van der Waals surface area (Å²) in [6.45, 7) is 2.88. The number of rotatable bonds is 5. The number of furan rings is 1. The summed E-state index contributed by atoms with van der Waals surface area (Å²) in [5.74, 6) is -1.04. The van der Waals surface area contributed by atoms with Crippen molar-refractivity contribution in [3.63, 3.8) is 0 Å². The van der Waals surface area contributed by atoms with Crippen molar-refractivity contribution in [2.75, 3.05) is 27.2 Å². The SMILES string of the molecule is Cc1ccc(C(O)=C2C(=O)C(=O)N(CCN(C)C)[C@@H]2c2ccco2)cc1. The first-order valence-electron chi connectivity index (χ1n) is 8.43. The number of hydrogen-bond donors (Lipinski definition) is 1. The van der Waals surface area contributed by atoms with E-state index in [4.69, 9.17) is 4.42 Å². The van der Waals surface area contributed by atoms with E-state index in [9.17, 15) is 14.7 Å². The van der Waals surface area contributed by atoms with Crippen LogP contribution in [0.3, 0.4) is 0 Å². The van der Waals surface area contributed by atoms with Crippen LogP contribution in [0.15, 0.2) is 52.7 Å². The summed E-state index contributed by atoms with van der Waals surface area (Å²) in [4.78, 5) is 28.7. The molecule has 2 heterocycles. The summed E-state index contributed by atoms with van der Waals surface area (Å²) < 4.78 is 5.48. The van der Waals surface area contributed by atoms with Crippen molar-refractivity contribution in [2.45, 2.75) is 13.0 Å². The standard InChI is InChI=1S/C20H22N2O4/c1-13-6-8-14(9-7-13)18(23)16-17(15-5-4-12-26-15)22(11-10-21(2)3)20(25)19(16)24/h4-9,12,17,23H,10-11H2,1-3H3/t17-/m1/s1. The van der Waals surface area contributed by atoms with Gasteiger partial charge in [0.15, 0.2) is 0 Å². The van der Waals surface area contributed by atoms with Crippen LogP contribution in [-0.2, 0) is 9.59 Å². The molecular formula is C20H22N2O4. The molecule has 1 aliphatic rings. The average Bonchev–Trinajstić information content (AvgIpc) is 3.21. The lowest BCUT2D eigenvalue weighted by Gasteiger charge is -2.24. The summed E-state index contributed by atoms with van der Waals surface area (Å²) in [5.41, 5.74) is 1.60. The number of carbonyl (C=O) groups excluding carboxylic acids is 2. The first-order chi connectivity index (χ1) is 12.4. The van der Waals surface area contributed by atoms with Crippen molar-refractivity contribution < 1.29 is 19.1 Å². The minimum atomic E-state index is -0.730. The number of aliphatic hydroxyl groups is 1. The van der Waals surface area contributed by atoms with E-state index in [1.807, 2.05) is 38.1 Å². The number of hydrogen-bond acceptors (Lipinski definition) is 5. The number of likely N-dealkylation sites (N-methyl/N-ethyl adjacent to an activating group) is 1. The van der Waals surface area contributed by atoms with E-state index in [1.54, 1.807) is 24.3 Å². The Labute approximate surface area is 152 Å². The zero-order valence-electron chi connectivity index (χ0n) is 15.1. The third-order valence-electron chi connectivity index (χ3n) is 4.47. The predicted octanol–water partition coefficient (Wildman–Crippen LogP) is 2.57. The molecule has 1 saturated heterocycles. The van der Waals surface area contributed by atoms with Crippen molar-refractivity contribution >= 4 is 17.4 Å². The maximum absolute atomic E-state index is 12.7. The highest BCUT2D eigenvalue weighted by molar-refractivity contribution is 6.46. The smallest absolute Gasteiger partial charge is 0.295 e. The van der Waals surface area contributed by atoms with Crippen molar-refractivity contribution in [2.24, 2.45) is 0 Å². The minimum Gasteiger partial charge on any atom is -0.507 e. The van der Waals surface area contributed by atoms with Crippen LogP contribution in [0.2, 0.25) is 0 Å². The molecule has 0 bridgehead atoms. The van der Waals surface area contributed by atoms with Gasteiger partial charge in [-0.25, -0.2) is 0 Å². The molecule has 1 atom stereocenters. The third kappa shape index (κ3) is 3.28. The predicted molar refractivity (Wildman–Crippen MR) is 97.5 cm³/mol. The molecule has 136 valence electrons. The summed E-state index contributed by atoms with van der Waals surface area (Å²) in [7, 11) is 3.79. The Morgan fingerprint density at radius 1 is 1.19 bits per heavy atom. The van der Waals surface area contributed by atoms with Gasteiger partial charge in [-0.3, -0.25) is 9.59 Å². The van der Waals surface area contributed by atoms with Crippen molar-refractivity contribution in [1.29, 1.82) is 0 Å². The van der Waals surface area contributed by atoms with Gasteiger partial charge in [-0.05, 0) is 33.2 Å². The van der Waals surface area contributed by atoms with Gasteiger partial charge in [-0.2, -0.15) is 0 Å². The Morgan fingerprint density at radius 3 is 2.46 bits per heavy atom. The average molecular weight is 354 g/mol. The molecule has 0 aliphatic carbocycles. The summed E-state index contributed by atoms with van der Waals surface area (Å²) in [6, 6.07) is 9.84. The summed E-state index contributed by atoms with van der Waals surface area (Å²) in [6.07, 6.45) is 1.49. The first-order valence-corrected chi connectivity index (χ1v) is 8.43. The van der Waals surface area contributed by atoms with Gasteiger partial charge in [-0.15, -0.1) is 0 Å². The second kappa shape index (κ2) is 7.17. The van der Waals surface area contributed by atoms with E-state index in [0.717, 1.165) is 5.56 Å². The maximum Gasteiger partial charge on any atom is 0.295 e. The molecule has 1 aromatic carbocycles. The normalized spacial score (nSPS) is 19.5. The lowest BCUT2D eigenvalue weighted by Crippen LogP contribution is -2.35. The highest BCUT2D eigenvalue weighted by Crippen LogP contribution is 2.39. The first kappa shape index (κ1) is 17.9. The van der Waals surface area contributed by atoms with E-state index in [0.29, 0.717) is 24.4 Å². The molecule has 1 aromatic heterocycles. The van der Waals surface area contributed by atoms with Crippen LogP contribution in [0.4, 0.5) is 0 Å². The minimum absolute atomic E-state index is 0.0626. The second-order valence-corrected chi connectivity index (χ2v) is 6.68. The molecule has 6 heteroatoms. The summed E-state index contributed by atoms with van der Waals surface area (Å²) in [5, 5.41) is 10.8. The number of benzene rings is 1. The van der Waals surface area contributed by atoms with Gasteiger partial charge < -0.3 is 19.3 Å². The Morgan fingerprint density at radius 2 is 1.88 bits per heavy atom. The van der Waals surface area contributed by atoms with Crippen LogP contribution in [0.5, 0.6) is 0 Å². The third-order valence-corrected chi connectivity index (χ3v) is 4.47. The Hall–Kier alpha value is -2.86. The summed E-state index contributed by atoms with van der Waals surface area (Å²) >= 11 is 0. The van der Waals surface area contributed by atoms with Crippen LogP contribution in [0.1, 0.15) is 22.9 Å². The number of aryl methyl sites for hydroxylation is 1. The van der Waals surface area contributed by atoms with E-state index in [1.165, 1.54) is 11.2 Å². The lowest BCUT2D eigenvalue weighted by atomic mass is 9.99. The molecular weight excluding hydrogens is 332 g/mol. The zero-order chi connectivity index (χ0) is 18.8. The van der Waals surface area contributed by atoms with Gasteiger partial charge >= 0.3 is 0 Å².